The maximum atomic E-state index is 12.8. The lowest BCUT2D eigenvalue weighted by Crippen LogP contribution is -2.54. The Kier molecular flexibility index (Phi) is 5.42. The molecule has 0 radical (unpaired) electrons. The van der Waals surface area contributed by atoms with Crippen molar-refractivity contribution in [2.24, 2.45) is 23.2 Å². The van der Waals surface area contributed by atoms with Crippen LogP contribution in [0, 0.1) is 41.4 Å². The first kappa shape index (κ1) is 20.0. The number of hydrogen-bond acceptors (Lipinski definition) is 3. The van der Waals surface area contributed by atoms with E-state index in [9.17, 15) is 10.1 Å². The van der Waals surface area contributed by atoms with E-state index in [1.807, 2.05) is 25.1 Å². The Labute approximate surface area is 174 Å². The molecule has 0 heterocycles. The summed E-state index contributed by atoms with van der Waals surface area (Å²) >= 11 is 0. The Balaban J connectivity index is 1.46. The normalized spacial score (nSPS) is 31.2. The van der Waals surface area contributed by atoms with Crippen molar-refractivity contribution in [1.29, 1.82) is 5.26 Å². The number of nitrogens with one attached hydrogen (secondary N) is 2. The number of nitriles is 1. The second-order valence-electron chi connectivity index (χ2n) is 9.75. The van der Waals surface area contributed by atoms with Gasteiger partial charge in [0.15, 0.2) is 0 Å². The lowest BCUT2D eigenvalue weighted by Gasteiger charge is -2.59. The van der Waals surface area contributed by atoms with Crippen molar-refractivity contribution in [3.05, 3.63) is 41.1 Å². The SMILES string of the molecule is CCc1cccc(C)c1NC(=O)/C(C#N)=C\NC(C)C12CC3CC(CC(C3)C1)C2. The quantitative estimate of drug-likeness (QED) is 0.524. The lowest BCUT2D eigenvalue weighted by atomic mass is 9.48. The molecule has 154 valence electrons. The van der Waals surface area contributed by atoms with Gasteiger partial charge in [-0.3, -0.25) is 4.79 Å². The number of rotatable bonds is 6. The molecule has 4 aliphatic rings. The van der Waals surface area contributed by atoms with E-state index in [1.54, 1.807) is 6.20 Å². The number of carbonyl (C=O) groups excluding carboxylic acids is 1. The number of benzene rings is 1. The van der Waals surface area contributed by atoms with E-state index >= 15 is 0 Å². The van der Waals surface area contributed by atoms with E-state index in [1.165, 1.54) is 38.5 Å². The zero-order valence-electron chi connectivity index (χ0n) is 17.9. The van der Waals surface area contributed by atoms with Gasteiger partial charge in [0.25, 0.3) is 5.91 Å². The summed E-state index contributed by atoms with van der Waals surface area (Å²) in [5, 5.41) is 16.0. The van der Waals surface area contributed by atoms with Crippen molar-refractivity contribution in [2.75, 3.05) is 5.32 Å². The molecule has 0 aromatic heterocycles. The fourth-order valence-corrected chi connectivity index (χ4v) is 6.62. The number of hydrogen-bond donors (Lipinski definition) is 2. The molecular formula is C25H33N3O. The number of aryl methyl sites for hydroxylation is 2. The van der Waals surface area contributed by atoms with Gasteiger partial charge in [0.05, 0.1) is 0 Å². The summed E-state index contributed by atoms with van der Waals surface area (Å²) in [7, 11) is 0. The molecule has 5 rings (SSSR count). The van der Waals surface area contributed by atoms with Crippen LogP contribution in [-0.2, 0) is 11.2 Å². The molecule has 1 aromatic rings. The zero-order valence-corrected chi connectivity index (χ0v) is 17.9. The van der Waals surface area contributed by atoms with Crippen molar-refractivity contribution in [2.45, 2.75) is 71.8 Å². The topological polar surface area (TPSA) is 64.9 Å². The van der Waals surface area contributed by atoms with Gasteiger partial charge in [0, 0.05) is 17.9 Å². The van der Waals surface area contributed by atoms with Gasteiger partial charge in [-0.25, -0.2) is 0 Å². The third-order valence-corrected chi connectivity index (χ3v) is 7.83. The molecule has 1 unspecified atom stereocenters. The highest BCUT2D eigenvalue weighted by molar-refractivity contribution is 6.07. The van der Waals surface area contributed by atoms with Crippen LogP contribution >= 0.6 is 0 Å². The van der Waals surface area contributed by atoms with Crippen LogP contribution in [0.1, 0.15) is 63.5 Å². The van der Waals surface area contributed by atoms with Gasteiger partial charge in [-0.05, 0) is 93.1 Å². The first-order valence-corrected chi connectivity index (χ1v) is 11.2. The summed E-state index contributed by atoms with van der Waals surface area (Å²) in [6.07, 6.45) is 10.7. The van der Waals surface area contributed by atoms with Crippen LogP contribution in [-0.4, -0.2) is 11.9 Å². The van der Waals surface area contributed by atoms with Gasteiger partial charge in [-0.2, -0.15) is 5.26 Å². The van der Waals surface area contributed by atoms with Gasteiger partial charge in [-0.15, -0.1) is 0 Å². The highest BCUT2D eigenvalue weighted by Crippen LogP contribution is 2.61. The molecule has 4 saturated carbocycles. The first-order valence-electron chi connectivity index (χ1n) is 11.2. The smallest absolute Gasteiger partial charge is 0.267 e. The van der Waals surface area contributed by atoms with Crippen LogP contribution in [0.5, 0.6) is 0 Å². The van der Waals surface area contributed by atoms with Crippen molar-refractivity contribution >= 4 is 11.6 Å². The van der Waals surface area contributed by atoms with E-state index in [4.69, 9.17) is 0 Å². The summed E-state index contributed by atoms with van der Waals surface area (Å²) in [5.74, 6) is 2.34. The number of anilines is 1. The third-order valence-electron chi connectivity index (χ3n) is 7.83. The monoisotopic (exact) mass is 391 g/mol. The number of carbonyl (C=O) groups is 1. The van der Waals surface area contributed by atoms with Gasteiger partial charge in [-0.1, -0.05) is 25.1 Å². The maximum Gasteiger partial charge on any atom is 0.267 e. The summed E-state index contributed by atoms with van der Waals surface area (Å²) in [5.41, 5.74) is 3.42. The van der Waals surface area contributed by atoms with Crippen LogP contribution in [0.25, 0.3) is 0 Å². The van der Waals surface area contributed by atoms with Crippen molar-refractivity contribution in [3.8, 4) is 6.07 Å². The molecule has 29 heavy (non-hydrogen) atoms. The Hall–Kier alpha value is -2.28. The lowest BCUT2D eigenvalue weighted by molar-refractivity contribution is -0.112. The Morgan fingerprint density at radius 3 is 2.41 bits per heavy atom. The summed E-state index contributed by atoms with van der Waals surface area (Å²) in [4.78, 5) is 12.8. The van der Waals surface area contributed by atoms with Crippen molar-refractivity contribution in [3.63, 3.8) is 0 Å². The van der Waals surface area contributed by atoms with Crippen LogP contribution in [0.2, 0.25) is 0 Å². The second kappa shape index (κ2) is 7.86. The Morgan fingerprint density at radius 2 is 1.86 bits per heavy atom. The molecule has 0 spiro atoms. The maximum absolute atomic E-state index is 12.8. The molecule has 1 amide bonds. The third kappa shape index (κ3) is 3.80. The minimum absolute atomic E-state index is 0.145. The minimum atomic E-state index is -0.332. The van der Waals surface area contributed by atoms with Crippen LogP contribution in [0.4, 0.5) is 5.69 Å². The average molecular weight is 392 g/mol. The summed E-state index contributed by atoms with van der Waals surface area (Å²) in [6, 6.07) is 8.39. The van der Waals surface area contributed by atoms with Gasteiger partial charge < -0.3 is 10.6 Å². The number of para-hydroxylation sites is 1. The number of nitrogens with zero attached hydrogens (tertiary/aromatic N) is 1. The Bertz CT molecular complexity index is 828. The van der Waals surface area contributed by atoms with Gasteiger partial charge in [0.1, 0.15) is 11.6 Å². The van der Waals surface area contributed by atoms with E-state index in [-0.39, 0.29) is 17.5 Å². The zero-order chi connectivity index (χ0) is 20.6. The molecule has 4 heteroatoms. The van der Waals surface area contributed by atoms with E-state index in [0.29, 0.717) is 5.41 Å². The molecule has 0 aliphatic heterocycles. The van der Waals surface area contributed by atoms with Crippen molar-refractivity contribution in [1.82, 2.24) is 5.32 Å². The highest BCUT2D eigenvalue weighted by Gasteiger charge is 2.53. The first-order chi connectivity index (χ1) is 13.9. The predicted molar refractivity (Wildman–Crippen MR) is 116 cm³/mol. The number of amides is 1. The fourth-order valence-electron chi connectivity index (χ4n) is 6.62. The minimum Gasteiger partial charge on any atom is -0.387 e. The molecule has 1 atom stereocenters. The van der Waals surface area contributed by atoms with Crippen LogP contribution in [0.3, 0.4) is 0 Å². The molecule has 4 bridgehead atoms. The highest BCUT2D eigenvalue weighted by atomic mass is 16.1. The van der Waals surface area contributed by atoms with Crippen LogP contribution < -0.4 is 10.6 Å². The molecule has 0 saturated heterocycles. The van der Waals surface area contributed by atoms with Gasteiger partial charge in [0.2, 0.25) is 0 Å². The van der Waals surface area contributed by atoms with E-state index in [2.05, 4.69) is 30.6 Å². The van der Waals surface area contributed by atoms with E-state index in [0.717, 1.165) is 41.0 Å². The summed E-state index contributed by atoms with van der Waals surface area (Å²) < 4.78 is 0. The second-order valence-corrected chi connectivity index (χ2v) is 9.75. The average Bonchev–Trinajstić information content (AvgIpc) is 2.68. The van der Waals surface area contributed by atoms with Crippen molar-refractivity contribution < 1.29 is 4.79 Å². The predicted octanol–water partition coefficient (Wildman–Crippen LogP) is 5.10. The largest absolute Gasteiger partial charge is 0.387 e. The molecule has 4 fully saturated rings. The Morgan fingerprint density at radius 1 is 1.24 bits per heavy atom. The van der Waals surface area contributed by atoms with E-state index < -0.39 is 0 Å². The summed E-state index contributed by atoms with van der Waals surface area (Å²) in [6.45, 7) is 6.30. The van der Waals surface area contributed by atoms with Crippen LogP contribution in [0.15, 0.2) is 30.0 Å². The fraction of sp³-hybridized carbons (Fsp3) is 0.600. The molecule has 4 nitrogen and oxygen atoms in total. The van der Waals surface area contributed by atoms with Gasteiger partial charge >= 0.3 is 0 Å². The standard InChI is InChI=1S/C25H33N3O/c1-4-21-7-5-6-16(2)23(21)28-24(29)22(14-26)15-27-17(3)25-11-18-8-19(12-25)10-20(9-18)13-25/h5-7,15,17-20,27H,4,8-13H2,1-3H3,(H,28,29)/b22-15-. The molecule has 4 aliphatic carbocycles. The molecular weight excluding hydrogens is 358 g/mol. The molecule has 2 N–H and O–H groups in total. The molecule has 1 aromatic carbocycles.